The Balaban J connectivity index is 2.26. The van der Waals surface area contributed by atoms with E-state index in [9.17, 15) is 9.59 Å². The molecule has 0 saturated heterocycles. The van der Waals surface area contributed by atoms with Gasteiger partial charge in [-0.25, -0.2) is 0 Å². The van der Waals surface area contributed by atoms with Crippen molar-refractivity contribution in [3.8, 4) is 0 Å². The molecule has 0 aliphatic heterocycles. The first-order chi connectivity index (χ1) is 6.70. The van der Waals surface area contributed by atoms with Gasteiger partial charge in [-0.2, -0.15) is 0 Å². The molecule has 0 aromatic heterocycles. The standard InChI is InChI=1S/C12H14O2/c1-8(13)10-7-6-9-4-2-3-5-11(9)12(10)14/h2-3,5,9-10H,4,6-7H2,1H3. The summed E-state index contributed by atoms with van der Waals surface area (Å²) in [5.41, 5.74) is 0.874. The smallest absolute Gasteiger partial charge is 0.169 e. The molecule has 74 valence electrons. The van der Waals surface area contributed by atoms with Gasteiger partial charge in [0.1, 0.15) is 5.78 Å². The quantitative estimate of drug-likeness (QED) is 0.593. The van der Waals surface area contributed by atoms with E-state index < -0.39 is 0 Å². The molecule has 0 spiro atoms. The minimum absolute atomic E-state index is 0.0175. The van der Waals surface area contributed by atoms with E-state index in [1.807, 2.05) is 12.2 Å². The van der Waals surface area contributed by atoms with E-state index in [1.165, 1.54) is 6.92 Å². The van der Waals surface area contributed by atoms with Crippen LogP contribution in [0.1, 0.15) is 26.2 Å². The second kappa shape index (κ2) is 3.52. The van der Waals surface area contributed by atoms with Gasteiger partial charge in [-0.05, 0) is 37.7 Å². The fourth-order valence-electron chi connectivity index (χ4n) is 2.32. The first kappa shape index (κ1) is 9.38. The zero-order valence-electron chi connectivity index (χ0n) is 8.32. The van der Waals surface area contributed by atoms with E-state index in [4.69, 9.17) is 0 Å². The van der Waals surface area contributed by atoms with Crippen LogP contribution in [-0.4, -0.2) is 11.6 Å². The molecule has 2 aliphatic rings. The van der Waals surface area contributed by atoms with Crippen molar-refractivity contribution in [3.63, 3.8) is 0 Å². The second-order valence-electron chi connectivity index (χ2n) is 4.09. The summed E-state index contributed by atoms with van der Waals surface area (Å²) < 4.78 is 0. The van der Waals surface area contributed by atoms with Gasteiger partial charge in [0.05, 0.1) is 5.92 Å². The van der Waals surface area contributed by atoms with Gasteiger partial charge in [0.25, 0.3) is 0 Å². The summed E-state index contributed by atoms with van der Waals surface area (Å²) in [4.78, 5) is 23.1. The van der Waals surface area contributed by atoms with E-state index in [0.717, 1.165) is 24.8 Å². The number of hydrogen-bond donors (Lipinski definition) is 0. The largest absolute Gasteiger partial charge is 0.299 e. The normalized spacial score (nSPS) is 30.9. The minimum Gasteiger partial charge on any atom is -0.299 e. The molecule has 2 unspecified atom stereocenters. The zero-order chi connectivity index (χ0) is 10.1. The molecule has 0 aromatic carbocycles. The first-order valence-corrected chi connectivity index (χ1v) is 5.11. The van der Waals surface area contributed by atoms with Crippen molar-refractivity contribution in [2.45, 2.75) is 26.2 Å². The fourth-order valence-corrected chi connectivity index (χ4v) is 2.32. The lowest BCUT2D eigenvalue weighted by atomic mass is 9.73. The van der Waals surface area contributed by atoms with Crippen molar-refractivity contribution >= 4 is 11.6 Å². The molecule has 0 amide bonds. The molecule has 14 heavy (non-hydrogen) atoms. The summed E-state index contributed by atoms with van der Waals surface area (Å²) in [6.45, 7) is 1.52. The van der Waals surface area contributed by atoms with Gasteiger partial charge >= 0.3 is 0 Å². The average Bonchev–Trinajstić information content (AvgIpc) is 2.18. The van der Waals surface area contributed by atoms with Crippen LogP contribution in [0.3, 0.4) is 0 Å². The minimum atomic E-state index is -0.357. The Hall–Kier alpha value is -1.18. The lowest BCUT2D eigenvalue weighted by Crippen LogP contribution is -2.32. The van der Waals surface area contributed by atoms with Crippen LogP contribution in [0.25, 0.3) is 0 Å². The van der Waals surface area contributed by atoms with Crippen molar-refractivity contribution in [2.24, 2.45) is 11.8 Å². The van der Waals surface area contributed by atoms with Crippen molar-refractivity contribution in [3.05, 3.63) is 23.8 Å². The molecule has 0 bridgehead atoms. The molecule has 1 saturated carbocycles. The highest BCUT2D eigenvalue weighted by Gasteiger charge is 2.35. The number of ketones is 2. The maximum atomic E-state index is 11.9. The highest BCUT2D eigenvalue weighted by molar-refractivity contribution is 6.10. The van der Waals surface area contributed by atoms with Crippen LogP contribution >= 0.6 is 0 Å². The van der Waals surface area contributed by atoms with Gasteiger partial charge in [-0.1, -0.05) is 18.2 Å². The summed E-state index contributed by atoms with van der Waals surface area (Å²) in [6.07, 6.45) is 8.58. The Morgan fingerprint density at radius 1 is 1.43 bits per heavy atom. The van der Waals surface area contributed by atoms with Gasteiger partial charge < -0.3 is 0 Å². The Morgan fingerprint density at radius 3 is 2.93 bits per heavy atom. The number of hydrogen-bond acceptors (Lipinski definition) is 2. The average molecular weight is 190 g/mol. The maximum Gasteiger partial charge on any atom is 0.169 e. The third-order valence-corrected chi connectivity index (χ3v) is 3.17. The molecule has 2 heteroatoms. The van der Waals surface area contributed by atoms with Crippen molar-refractivity contribution in [1.29, 1.82) is 0 Å². The molecule has 2 atom stereocenters. The number of fused-ring (bicyclic) bond motifs is 1. The van der Waals surface area contributed by atoms with Crippen LogP contribution in [-0.2, 0) is 9.59 Å². The predicted molar refractivity (Wildman–Crippen MR) is 53.7 cm³/mol. The van der Waals surface area contributed by atoms with E-state index in [-0.39, 0.29) is 17.5 Å². The summed E-state index contributed by atoms with van der Waals surface area (Å²) in [7, 11) is 0. The van der Waals surface area contributed by atoms with Gasteiger partial charge in [0.15, 0.2) is 5.78 Å². The maximum absolute atomic E-state index is 11.9. The Morgan fingerprint density at radius 2 is 2.21 bits per heavy atom. The Kier molecular flexibility index (Phi) is 2.36. The molecule has 1 fully saturated rings. The number of allylic oxidation sites excluding steroid dienone is 4. The Labute approximate surface area is 83.7 Å². The van der Waals surface area contributed by atoms with Gasteiger partial charge in [0, 0.05) is 0 Å². The van der Waals surface area contributed by atoms with Gasteiger partial charge in [-0.3, -0.25) is 9.59 Å². The molecule has 0 heterocycles. The molecule has 2 aliphatic carbocycles. The van der Waals surface area contributed by atoms with Crippen LogP contribution in [0, 0.1) is 11.8 Å². The van der Waals surface area contributed by atoms with E-state index in [0.29, 0.717) is 5.92 Å². The number of rotatable bonds is 1. The first-order valence-electron chi connectivity index (χ1n) is 5.11. The molecule has 2 nitrogen and oxygen atoms in total. The van der Waals surface area contributed by atoms with E-state index >= 15 is 0 Å². The molecule has 0 radical (unpaired) electrons. The summed E-state index contributed by atoms with van der Waals surface area (Å²) in [5, 5.41) is 0. The van der Waals surface area contributed by atoms with Crippen molar-refractivity contribution < 1.29 is 9.59 Å². The van der Waals surface area contributed by atoms with E-state index in [2.05, 4.69) is 6.08 Å². The molecular formula is C12H14O2. The second-order valence-corrected chi connectivity index (χ2v) is 4.09. The predicted octanol–water partition coefficient (Wildman–Crippen LogP) is 2.06. The third kappa shape index (κ3) is 1.45. The summed E-state index contributed by atoms with van der Waals surface area (Å²) in [5.74, 6) is 0.106. The molecular weight excluding hydrogens is 176 g/mol. The zero-order valence-corrected chi connectivity index (χ0v) is 8.32. The molecule has 2 rings (SSSR count). The van der Waals surface area contributed by atoms with Crippen LogP contribution in [0.15, 0.2) is 23.8 Å². The van der Waals surface area contributed by atoms with Gasteiger partial charge in [-0.15, -0.1) is 0 Å². The van der Waals surface area contributed by atoms with Crippen LogP contribution in [0.4, 0.5) is 0 Å². The monoisotopic (exact) mass is 190 g/mol. The number of carbonyl (C=O) groups is 2. The van der Waals surface area contributed by atoms with Crippen molar-refractivity contribution in [1.82, 2.24) is 0 Å². The van der Waals surface area contributed by atoms with Crippen LogP contribution in [0.5, 0.6) is 0 Å². The van der Waals surface area contributed by atoms with Crippen LogP contribution < -0.4 is 0 Å². The van der Waals surface area contributed by atoms with Crippen LogP contribution in [0.2, 0.25) is 0 Å². The summed E-state index contributed by atoms with van der Waals surface area (Å²) >= 11 is 0. The number of Topliss-reactive ketones (excluding diaryl/α,β-unsaturated/α-hetero) is 2. The van der Waals surface area contributed by atoms with Crippen molar-refractivity contribution in [2.75, 3.05) is 0 Å². The fraction of sp³-hybridized carbons (Fsp3) is 0.500. The molecule has 0 N–H and O–H groups in total. The summed E-state index contributed by atoms with van der Waals surface area (Å²) in [6, 6.07) is 0. The molecule has 0 aromatic rings. The van der Waals surface area contributed by atoms with Gasteiger partial charge in [0.2, 0.25) is 0 Å². The topological polar surface area (TPSA) is 34.1 Å². The Bertz CT molecular complexity index is 336. The highest BCUT2D eigenvalue weighted by atomic mass is 16.1. The highest BCUT2D eigenvalue weighted by Crippen LogP contribution is 2.35. The number of carbonyl (C=O) groups excluding carboxylic acids is 2. The lowest BCUT2D eigenvalue weighted by molar-refractivity contribution is -0.131. The SMILES string of the molecule is CC(=O)C1CCC2CC=CC=C2C1=O. The third-order valence-electron chi connectivity index (χ3n) is 3.17. The van der Waals surface area contributed by atoms with E-state index in [1.54, 1.807) is 0 Å². The lowest BCUT2D eigenvalue weighted by Gasteiger charge is -2.29.